The SMILES string of the molecule is COc1cc(OC)nc(C(O)c2cc(Cl)ccc2NC(C)=O)n1. The molecule has 1 heterocycles. The molecule has 7 nitrogen and oxygen atoms in total. The van der Waals surface area contributed by atoms with E-state index in [9.17, 15) is 9.90 Å². The van der Waals surface area contributed by atoms with Crippen LogP contribution in [0.3, 0.4) is 0 Å². The Morgan fingerprint density at radius 1 is 1.22 bits per heavy atom. The largest absolute Gasteiger partial charge is 0.481 e. The van der Waals surface area contributed by atoms with Crippen LogP contribution >= 0.6 is 11.6 Å². The van der Waals surface area contributed by atoms with Gasteiger partial charge in [0.1, 0.15) is 6.10 Å². The zero-order chi connectivity index (χ0) is 17.0. The highest BCUT2D eigenvalue weighted by molar-refractivity contribution is 6.30. The number of hydrogen-bond donors (Lipinski definition) is 2. The maximum Gasteiger partial charge on any atom is 0.221 e. The molecule has 0 fully saturated rings. The number of rotatable bonds is 5. The summed E-state index contributed by atoms with van der Waals surface area (Å²) >= 11 is 5.99. The first-order valence-electron chi connectivity index (χ1n) is 6.66. The van der Waals surface area contributed by atoms with Gasteiger partial charge in [-0.25, -0.2) is 0 Å². The number of benzene rings is 1. The van der Waals surface area contributed by atoms with Crippen LogP contribution in [0.1, 0.15) is 24.4 Å². The lowest BCUT2D eigenvalue weighted by Crippen LogP contribution is -2.13. The van der Waals surface area contributed by atoms with Gasteiger partial charge in [-0.05, 0) is 18.2 Å². The lowest BCUT2D eigenvalue weighted by molar-refractivity contribution is -0.114. The van der Waals surface area contributed by atoms with E-state index in [1.807, 2.05) is 0 Å². The molecule has 0 spiro atoms. The smallest absolute Gasteiger partial charge is 0.221 e. The number of nitrogens with one attached hydrogen (secondary N) is 1. The summed E-state index contributed by atoms with van der Waals surface area (Å²) in [6.45, 7) is 1.37. The highest BCUT2D eigenvalue weighted by Crippen LogP contribution is 2.31. The lowest BCUT2D eigenvalue weighted by atomic mass is 10.1. The van der Waals surface area contributed by atoms with E-state index in [4.69, 9.17) is 21.1 Å². The summed E-state index contributed by atoms with van der Waals surface area (Å²) in [7, 11) is 2.89. The standard InChI is InChI=1S/C15H16ClN3O4/c1-8(20)17-11-5-4-9(16)6-10(11)14(21)15-18-12(22-2)7-13(19-15)23-3/h4-7,14,21H,1-3H3,(H,17,20). The van der Waals surface area contributed by atoms with Gasteiger partial charge in [0, 0.05) is 23.2 Å². The molecule has 2 N–H and O–H groups in total. The predicted molar refractivity (Wildman–Crippen MR) is 85.0 cm³/mol. The Labute approximate surface area is 138 Å². The summed E-state index contributed by atoms with van der Waals surface area (Å²) in [5.41, 5.74) is 0.780. The fourth-order valence-electron chi connectivity index (χ4n) is 1.95. The van der Waals surface area contributed by atoms with E-state index < -0.39 is 6.10 Å². The number of carbonyl (C=O) groups excluding carboxylic acids is 1. The minimum atomic E-state index is -1.22. The predicted octanol–water partition coefficient (Wildman–Crippen LogP) is 2.19. The Hall–Kier alpha value is -2.38. The number of aromatic nitrogens is 2. The summed E-state index contributed by atoms with van der Waals surface area (Å²) in [5.74, 6) is 0.281. The number of aliphatic hydroxyl groups excluding tert-OH is 1. The molecule has 23 heavy (non-hydrogen) atoms. The number of nitrogens with zero attached hydrogens (tertiary/aromatic N) is 2. The first-order valence-corrected chi connectivity index (χ1v) is 7.04. The first kappa shape index (κ1) is 17.0. The molecule has 0 radical (unpaired) electrons. The molecular weight excluding hydrogens is 322 g/mol. The second kappa shape index (κ2) is 7.26. The third kappa shape index (κ3) is 4.08. The Morgan fingerprint density at radius 3 is 2.35 bits per heavy atom. The van der Waals surface area contributed by atoms with Crippen LogP contribution in [0.5, 0.6) is 11.8 Å². The molecule has 0 aliphatic heterocycles. The number of methoxy groups -OCH3 is 2. The van der Waals surface area contributed by atoms with Crippen molar-refractivity contribution in [3.63, 3.8) is 0 Å². The van der Waals surface area contributed by atoms with Crippen LogP contribution in [-0.2, 0) is 4.79 Å². The van der Waals surface area contributed by atoms with Gasteiger partial charge in [-0.15, -0.1) is 0 Å². The van der Waals surface area contributed by atoms with Gasteiger partial charge < -0.3 is 19.9 Å². The molecule has 0 aliphatic rings. The molecular formula is C15H16ClN3O4. The van der Waals surface area contributed by atoms with E-state index in [-0.39, 0.29) is 23.5 Å². The van der Waals surface area contributed by atoms with Gasteiger partial charge in [0.25, 0.3) is 0 Å². The van der Waals surface area contributed by atoms with Crippen molar-refractivity contribution in [2.75, 3.05) is 19.5 Å². The van der Waals surface area contributed by atoms with Gasteiger partial charge in [0.05, 0.1) is 20.3 Å². The average molecular weight is 338 g/mol. The van der Waals surface area contributed by atoms with E-state index >= 15 is 0 Å². The van der Waals surface area contributed by atoms with Gasteiger partial charge in [-0.3, -0.25) is 4.79 Å². The molecule has 122 valence electrons. The second-order valence-electron chi connectivity index (χ2n) is 4.63. The van der Waals surface area contributed by atoms with Gasteiger partial charge >= 0.3 is 0 Å². The molecule has 0 aliphatic carbocycles. The number of hydrogen-bond acceptors (Lipinski definition) is 6. The monoisotopic (exact) mass is 337 g/mol. The number of anilines is 1. The number of amides is 1. The molecule has 8 heteroatoms. The molecule has 0 saturated carbocycles. The molecule has 1 atom stereocenters. The molecule has 1 unspecified atom stereocenters. The number of aliphatic hydroxyl groups is 1. The van der Waals surface area contributed by atoms with Crippen molar-refractivity contribution in [2.45, 2.75) is 13.0 Å². The number of ether oxygens (including phenoxy) is 2. The Balaban J connectivity index is 2.49. The van der Waals surface area contributed by atoms with Crippen LogP contribution in [0, 0.1) is 0 Å². The van der Waals surface area contributed by atoms with Crippen LogP contribution in [0.4, 0.5) is 5.69 Å². The summed E-state index contributed by atoms with van der Waals surface area (Å²) in [5, 5.41) is 13.6. The molecule has 1 aromatic carbocycles. The van der Waals surface area contributed by atoms with Crippen LogP contribution in [0.15, 0.2) is 24.3 Å². The summed E-state index contributed by atoms with van der Waals surface area (Å²) < 4.78 is 10.1. The topological polar surface area (TPSA) is 93.6 Å². The van der Waals surface area contributed by atoms with Crippen molar-refractivity contribution >= 4 is 23.2 Å². The minimum absolute atomic E-state index is 0.0649. The summed E-state index contributed by atoms with van der Waals surface area (Å²) in [6.07, 6.45) is -1.22. The maximum atomic E-state index is 11.3. The van der Waals surface area contributed by atoms with Crippen LogP contribution in [-0.4, -0.2) is 35.2 Å². The molecule has 2 rings (SSSR count). The molecule has 2 aromatic rings. The Morgan fingerprint density at radius 2 is 1.83 bits per heavy atom. The van der Waals surface area contributed by atoms with Crippen molar-refractivity contribution in [2.24, 2.45) is 0 Å². The van der Waals surface area contributed by atoms with Crippen molar-refractivity contribution < 1.29 is 19.4 Å². The van der Waals surface area contributed by atoms with Gasteiger partial charge in [-0.2, -0.15) is 9.97 Å². The third-order valence-electron chi connectivity index (χ3n) is 2.98. The number of halogens is 1. The highest BCUT2D eigenvalue weighted by Gasteiger charge is 2.20. The van der Waals surface area contributed by atoms with Gasteiger partial charge in [0.2, 0.25) is 17.7 Å². The van der Waals surface area contributed by atoms with E-state index in [1.54, 1.807) is 12.1 Å². The summed E-state index contributed by atoms with van der Waals surface area (Å²) in [4.78, 5) is 19.5. The van der Waals surface area contributed by atoms with Crippen LogP contribution in [0.2, 0.25) is 5.02 Å². The highest BCUT2D eigenvalue weighted by atomic mass is 35.5. The lowest BCUT2D eigenvalue weighted by Gasteiger charge is -2.16. The molecule has 0 bridgehead atoms. The molecule has 0 saturated heterocycles. The zero-order valence-corrected chi connectivity index (χ0v) is 13.6. The fourth-order valence-corrected chi connectivity index (χ4v) is 2.14. The van der Waals surface area contributed by atoms with Crippen molar-refractivity contribution in [3.05, 3.63) is 40.7 Å². The van der Waals surface area contributed by atoms with Gasteiger partial charge in [-0.1, -0.05) is 11.6 Å². The van der Waals surface area contributed by atoms with E-state index in [1.165, 1.54) is 33.3 Å². The second-order valence-corrected chi connectivity index (χ2v) is 5.06. The minimum Gasteiger partial charge on any atom is -0.481 e. The fraction of sp³-hybridized carbons (Fsp3) is 0.267. The van der Waals surface area contributed by atoms with Crippen molar-refractivity contribution in [1.29, 1.82) is 0 Å². The van der Waals surface area contributed by atoms with Crippen LogP contribution < -0.4 is 14.8 Å². The Bertz CT molecular complexity index is 702. The maximum absolute atomic E-state index is 11.3. The van der Waals surface area contributed by atoms with E-state index in [0.717, 1.165) is 0 Å². The van der Waals surface area contributed by atoms with Gasteiger partial charge in [0.15, 0.2) is 5.82 Å². The average Bonchev–Trinajstić information content (AvgIpc) is 2.54. The summed E-state index contributed by atoms with van der Waals surface area (Å²) in [6, 6.07) is 6.23. The molecule has 1 aromatic heterocycles. The van der Waals surface area contributed by atoms with E-state index in [0.29, 0.717) is 16.3 Å². The van der Waals surface area contributed by atoms with Crippen molar-refractivity contribution in [1.82, 2.24) is 9.97 Å². The zero-order valence-electron chi connectivity index (χ0n) is 12.8. The van der Waals surface area contributed by atoms with Crippen molar-refractivity contribution in [3.8, 4) is 11.8 Å². The Kier molecular flexibility index (Phi) is 5.36. The molecule has 1 amide bonds. The third-order valence-corrected chi connectivity index (χ3v) is 3.21. The first-order chi connectivity index (χ1) is 10.9. The normalized spacial score (nSPS) is 11.7. The quantitative estimate of drug-likeness (QED) is 0.868. The number of carbonyl (C=O) groups is 1. The van der Waals surface area contributed by atoms with E-state index in [2.05, 4.69) is 15.3 Å². The van der Waals surface area contributed by atoms with Crippen LogP contribution in [0.25, 0.3) is 0 Å².